The molecule has 0 fully saturated rings. The number of aryl methyl sites for hydroxylation is 1. The van der Waals surface area contributed by atoms with Crippen molar-refractivity contribution in [3.8, 4) is 11.5 Å². The Hall–Kier alpha value is -4.94. The zero-order valence-electron chi connectivity index (χ0n) is 26.3. The number of carbonyl (C=O) groups is 2. The summed E-state index contributed by atoms with van der Waals surface area (Å²) in [6.07, 6.45) is 0.647. The number of rotatable bonds is 12. The van der Waals surface area contributed by atoms with Crippen LogP contribution in [0.4, 0.5) is 0 Å². The van der Waals surface area contributed by atoms with Crippen LogP contribution in [-0.4, -0.2) is 57.3 Å². The third kappa shape index (κ3) is 7.39. The fourth-order valence-electron chi connectivity index (χ4n) is 5.29. The number of benzene rings is 3. The quantitative estimate of drug-likeness (QED) is 0.160. The van der Waals surface area contributed by atoms with Crippen molar-refractivity contribution in [3.05, 3.63) is 123 Å². The largest absolute Gasteiger partial charge is 0.493 e. The maximum atomic E-state index is 13.8. The molecule has 0 radical (unpaired) electrons. The Morgan fingerprint density at radius 3 is 2.47 bits per heavy atom. The minimum atomic E-state index is -0.291. The molecule has 0 aliphatic carbocycles. The number of thiophene rings is 1. The Bertz CT molecular complexity index is 1870. The number of hydrogen-bond donors (Lipinski definition) is 1. The van der Waals surface area contributed by atoms with E-state index in [1.807, 2.05) is 59.3 Å². The number of ether oxygens (including phenoxy) is 2. The van der Waals surface area contributed by atoms with Crippen LogP contribution in [0.25, 0.3) is 0 Å². The Balaban J connectivity index is 1.20. The molecule has 0 saturated carbocycles. The van der Waals surface area contributed by atoms with Crippen molar-refractivity contribution < 1.29 is 19.1 Å². The summed E-state index contributed by atoms with van der Waals surface area (Å²) in [5, 5.41) is 20.8. The summed E-state index contributed by atoms with van der Waals surface area (Å²) < 4.78 is 12.6. The average molecular weight is 667 g/mol. The molecule has 3 aromatic carbocycles. The van der Waals surface area contributed by atoms with Crippen molar-refractivity contribution in [2.24, 2.45) is 5.10 Å². The monoisotopic (exact) mass is 666 g/mol. The number of nitrogens with zero attached hydrogens (tertiary/aromatic N) is 5. The van der Waals surface area contributed by atoms with Crippen LogP contribution in [0.5, 0.6) is 11.5 Å². The summed E-state index contributed by atoms with van der Waals surface area (Å²) in [6, 6.07) is 27.0. The molecular weight excluding hydrogens is 633 g/mol. The summed E-state index contributed by atoms with van der Waals surface area (Å²) in [5.74, 6) is 1.27. The summed E-state index contributed by atoms with van der Waals surface area (Å²) in [7, 11) is 3.07. The van der Waals surface area contributed by atoms with E-state index in [0.717, 1.165) is 27.3 Å². The Morgan fingerprint density at radius 1 is 0.957 bits per heavy atom. The van der Waals surface area contributed by atoms with Gasteiger partial charge in [0.25, 0.3) is 11.8 Å². The van der Waals surface area contributed by atoms with Gasteiger partial charge >= 0.3 is 0 Å². The van der Waals surface area contributed by atoms with Crippen molar-refractivity contribution in [2.75, 3.05) is 20.0 Å². The summed E-state index contributed by atoms with van der Waals surface area (Å²) in [4.78, 5) is 27.9. The van der Waals surface area contributed by atoms with Crippen LogP contribution < -0.4 is 14.8 Å². The van der Waals surface area contributed by atoms with Crippen molar-refractivity contribution in [2.45, 2.75) is 37.6 Å². The van der Waals surface area contributed by atoms with Crippen LogP contribution in [0.1, 0.15) is 50.2 Å². The first kappa shape index (κ1) is 32.0. The predicted molar refractivity (Wildman–Crippen MR) is 183 cm³/mol. The van der Waals surface area contributed by atoms with Gasteiger partial charge in [-0.1, -0.05) is 78.0 Å². The molecule has 1 aliphatic heterocycles. The van der Waals surface area contributed by atoms with E-state index < -0.39 is 0 Å². The highest BCUT2D eigenvalue weighted by Gasteiger charge is 2.33. The lowest BCUT2D eigenvalue weighted by Gasteiger charge is -2.22. The zero-order chi connectivity index (χ0) is 32.8. The van der Waals surface area contributed by atoms with Crippen molar-refractivity contribution >= 4 is 40.6 Å². The molecule has 1 N–H and O–H groups in total. The predicted octanol–water partition coefficient (Wildman–Crippen LogP) is 6.11. The molecule has 0 bridgehead atoms. The molecule has 2 aromatic heterocycles. The van der Waals surface area contributed by atoms with Gasteiger partial charge in [0, 0.05) is 12.0 Å². The number of aromatic nitrogens is 3. The molecule has 1 aliphatic rings. The van der Waals surface area contributed by atoms with Crippen LogP contribution in [0.15, 0.2) is 101 Å². The third-order valence-corrected chi connectivity index (χ3v) is 9.66. The number of carbonyl (C=O) groups excluding carboxylic acids is 2. The van der Waals surface area contributed by atoms with Gasteiger partial charge in [-0.2, -0.15) is 5.10 Å². The van der Waals surface area contributed by atoms with Crippen LogP contribution >= 0.6 is 23.1 Å². The number of methoxy groups -OCH3 is 2. The Labute approximate surface area is 281 Å². The van der Waals surface area contributed by atoms with E-state index in [0.29, 0.717) is 41.0 Å². The average Bonchev–Trinajstić information content (AvgIpc) is 3.87. The van der Waals surface area contributed by atoms with Gasteiger partial charge in [0.1, 0.15) is 0 Å². The van der Waals surface area contributed by atoms with Gasteiger partial charge in [0.2, 0.25) is 0 Å². The Kier molecular flexibility index (Phi) is 9.98. The third-order valence-electron chi connectivity index (χ3n) is 7.79. The molecular formula is C35H34N6O4S2. The molecule has 6 rings (SSSR count). The molecule has 5 aromatic rings. The van der Waals surface area contributed by atoms with Gasteiger partial charge in [-0.25, -0.2) is 5.01 Å². The van der Waals surface area contributed by atoms with E-state index >= 15 is 0 Å². The standard InChI is InChI=1S/C35H34N6O4S2/c1-23-11-13-25(14-12-23)28-19-27(31-10-7-17-46-31)39-41(28)33(42)22-47-35-38-37-32(40(35)21-24-8-5-4-6-9-24)20-36-34(43)26-15-16-29(44-2)30(18-26)45-3/h4-18,28H,19-22H2,1-3H3,(H,36,43). The van der Waals surface area contributed by atoms with Gasteiger partial charge in [-0.15, -0.1) is 21.5 Å². The molecule has 0 spiro atoms. The van der Waals surface area contributed by atoms with Crippen LogP contribution in [-0.2, 0) is 17.9 Å². The lowest BCUT2D eigenvalue weighted by atomic mass is 10.00. The second-order valence-electron chi connectivity index (χ2n) is 10.9. The lowest BCUT2D eigenvalue weighted by molar-refractivity contribution is -0.130. The summed E-state index contributed by atoms with van der Waals surface area (Å²) in [5.41, 5.74) is 4.58. The van der Waals surface area contributed by atoms with Crippen molar-refractivity contribution in [1.29, 1.82) is 0 Å². The molecule has 12 heteroatoms. The lowest BCUT2D eigenvalue weighted by Crippen LogP contribution is -2.28. The second-order valence-corrected chi connectivity index (χ2v) is 12.8. The van der Waals surface area contributed by atoms with E-state index in [1.165, 1.54) is 18.9 Å². The fraction of sp³-hybridized carbons (Fsp3) is 0.229. The molecule has 2 amide bonds. The molecule has 47 heavy (non-hydrogen) atoms. The topological polar surface area (TPSA) is 111 Å². The maximum absolute atomic E-state index is 13.8. The van der Waals surface area contributed by atoms with Crippen molar-refractivity contribution in [1.82, 2.24) is 25.1 Å². The molecule has 1 atom stereocenters. The minimum Gasteiger partial charge on any atom is -0.493 e. The number of hydrogen-bond acceptors (Lipinski definition) is 9. The van der Waals surface area contributed by atoms with Gasteiger partial charge in [0.05, 0.1) is 49.7 Å². The van der Waals surface area contributed by atoms with Gasteiger partial charge in [-0.3, -0.25) is 9.59 Å². The number of amides is 2. The first-order chi connectivity index (χ1) is 22.9. The van der Waals surface area contributed by atoms with Crippen molar-refractivity contribution in [3.63, 3.8) is 0 Å². The molecule has 0 saturated heterocycles. The highest BCUT2D eigenvalue weighted by molar-refractivity contribution is 7.99. The summed E-state index contributed by atoms with van der Waals surface area (Å²) in [6.45, 7) is 2.66. The van der Waals surface area contributed by atoms with E-state index in [4.69, 9.17) is 14.6 Å². The van der Waals surface area contributed by atoms with E-state index in [-0.39, 0.29) is 30.2 Å². The number of nitrogens with one attached hydrogen (secondary N) is 1. The second kappa shape index (κ2) is 14.7. The smallest absolute Gasteiger partial charge is 0.253 e. The molecule has 240 valence electrons. The van der Waals surface area contributed by atoms with Crippen LogP contribution in [0, 0.1) is 6.92 Å². The maximum Gasteiger partial charge on any atom is 0.253 e. The SMILES string of the molecule is COc1ccc(C(=O)NCc2nnc(SCC(=O)N3N=C(c4cccs4)CC3c3ccc(C)cc3)n2Cc2ccccc2)cc1OC. The number of thioether (sulfide) groups is 1. The fourth-order valence-corrected chi connectivity index (χ4v) is 6.82. The summed E-state index contributed by atoms with van der Waals surface area (Å²) >= 11 is 2.93. The number of hydrazone groups is 1. The Morgan fingerprint density at radius 2 is 1.74 bits per heavy atom. The van der Waals surface area contributed by atoms with Gasteiger partial charge in [-0.05, 0) is 47.7 Å². The van der Waals surface area contributed by atoms with Crippen LogP contribution in [0.2, 0.25) is 0 Å². The zero-order valence-corrected chi connectivity index (χ0v) is 27.9. The van der Waals surface area contributed by atoms with E-state index in [1.54, 1.807) is 41.7 Å². The molecule has 3 heterocycles. The first-order valence-electron chi connectivity index (χ1n) is 15.0. The van der Waals surface area contributed by atoms with E-state index in [9.17, 15) is 9.59 Å². The minimum absolute atomic E-state index is 0.120. The molecule has 10 nitrogen and oxygen atoms in total. The first-order valence-corrected chi connectivity index (χ1v) is 16.9. The molecule has 1 unspecified atom stereocenters. The normalized spacial score (nSPS) is 14.1. The van der Waals surface area contributed by atoms with E-state index in [2.05, 4.69) is 39.8 Å². The van der Waals surface area contributed by atoms with Crippen LogP contribution in [0.3, 0.4) is 0 Å². The highest BCUT2D eigenvalue weighted by Crippen LogP contribution is 2.35. The van der Waals surface area contributed by atoms with Gasteiger partial charge in [0.15, 0.2) is 22.5 Å². The van der Waals surface area contributed by atoms with Gasteiger partial charge < -0.3 is 19.4 Å². The highest BCUT2D eigenvalue weighted by atomic mass is 32.2.